The first-order chi connectivity index (χ1) is 17.3. The zero-order valence-electron chi connectivity index (χ0n) is 19.9. The van der Waals surface area contributed by atoms with Crippen LogP contribution in [0.15, 0.2) is 71.6 Å². The zero-order chi connectivity index (χ0) is 25.7. The maximum absolute atomic E-state index is 12.7. The maximum Gasteiger partial charge on any atom is 0.323 e. The molecule has 6 nitrogen and oxygen atoms in total. The second kappa shape index (κ2) is 11.4. The van der Waals surface area contributed by atoms with Gasteiger partial charge in [-0.1, -0.05) is 83.6 Å². The summed E-state index contributed by atoms with van der Waals surface area (Å²) in [5.41, 5.74) is 5.07. The Kier molecular flexibility index (Phi) is 8.07. The summed E-state index contributed by atoms with van der Waals surface area (Å²) < 4.78 is 12.4. The van der Waals surface area contributed by atoms with Gasteiger partial charge in [-0.05, 0) is 43.2 Å². The smallest absolute Gasteiger partial charge is 0.323 e. The van der Waals surface area contributed by atoms with Gasteiger partial charge in [0, 0.05) is 11.6 Å². The Morgan fingerprint density at radius 3 is 2.11 bits per heavy atom. The minimum Gasteiger partial charge on any atom is -0.489 e. The molecule has 0 radical (unpaired) electrons. The second-order valence-electron chi connectivity index (χ2n) is 8.41. The van der Waals surface area contributed by atoms with Gasteiger partial charge in [0.05, 0.1) is 4.91 Å². The molecule has 0 unspecified atom stereocenters. The zero-order valence-corrected chi connectivity index (χ0v) is 21.5. The summed E-state index contributed by atoms with van der Waals surface area (Å²) in [5.74, 6) is -0.383. The number of rotatable bonds is 9. The molecule has 0 aliphatic carbocycles. The lowest BCUT2D eigenvalue weighted by atomic mass is 10.1. The molecule has 3 aromatic carbocycles. The summed E-state index contributed by atoms with van der Waals surface area (Å²) in [6, 6.07) is 21.6. The fraction of sp³-hybridized carbons (Fsp3) is 0.179. The molecule has 184 valence electrons. The van der Waals surface area contributed by atoms with E-state index in [1.807, 2.05) is 74.5 Å². The number of thioether (sulfide) groups is 1. The summed E-state index contributed by atoms with van der Waals surface area (Å²) in [7, 11) is 0. The summed E-state index contributed by atoms with van der Waals surface area (Å²) >= 11 is 6.29. The molecule has 1 fully saturated rings. The molecule has 1 aliphatic heterocycles. The number of thiocarbonyl (C=S) groups is 1. The molecule has 1 saturated heterocycles. The van der Waals surface area contributed by atoms with E-state index in [0.29, 0.717) is 35.2 Å². The van der Waals surface area contributed by atoms with Gasteiger partial charge >= 0.3 is 5.97 Å². The lowest BCUT2D eigenvalue weighted by Crippen LogP contribution is -2.33. The highest BCUT2D eigenvalue weighted by Crippen LogP contribution is 2.35. The van der Waals surface area contributed by atoms with E-state index in [1.54, 1.807) is 12.1 Å². The Balaban J connectivity index is 1.58. The summed E-state index contributed by atoms with van der Waals surface area (Å²) in [6.45, 7) is 4.34. The normalized spacial score (nSPS) is 14.4. The average Bonchev–Trinajstić information content (AvgIpc) is 3.11. The van der Waals surface area contributed by atoms with Gasteiger partial charge in [-0.2, -0.15) is 0 Å². The molecule has 1 aliphatic rings. The van der Waals surface area contributed by atoms with E-state index < -0.39 is 18.4 Å². The summed E-state index contributed by atoms with van der Waals surface area (Å²) in [5, 5.41) is 9.09. The van der Waals surface area contributed by atoms with Crippen molar-refractivity contribution in [1.82, 2.24) is 4.90 Å². The lowest BCUT2D eigenvalue weighted by Gasteiger charge is -2.13. The number of aliphatic carboxylic acids is 1. The van der Waals surface area contributed by atoms with Crippen LogP contribution in [0.3, 0.4) is 0 Å². The first-order valence-electron chi connectivity index (χ1n) is 11.3. The quantitative estimate of drug-likeness (QED) is 0.285. The van der Waals surface area contributed by atoms with Crippen LogP contribution in [-0.4, -0.2) is 32.7 Å². The highest BCUT2D eigenvalue weighted by Gasteiger charge is 2.33. The Hall–Kier alpha value is -3.62. The van der Waals surface area contributed by atoms with Crippen molar-refractivity contribution in [1.29, 1.82) is 0 Å². The van der Waals surface area contributed by atoms with Crippen molar-refractivity contribution in [3.05, 3.63) is 99.5 Å². The number of aryl methyl sites for hydroxylation is 2. The van der Waals surface area contributed by atoms with Crippen LogP contribution in [0.2, 0.25) is 0 Å². The molecule has 8 heteroatoms. The van der Waals surface area contributed by atoms with Crippen LogP contribution in [0.5, 0.6) is 11.5 Å². The highest BCUT2D eigenvalue weighted by atomic mass is 32.2. The van der Waals surface area contributed by atoms with Gasteiger partial charge in [0.1, 0.15) is 35.6 Å². The number of hydrogen-bond donors (Lipinski definition) is 1. The van der Waals surface area contributed by atoms with Gasteiger partial charge in [-0.3, -0.25) is 14.5 Å². The van der Waals surface area contributed by atoms with E-state index in [9.17, 15) is 9.59 Å². The number of benzene rings is 3. The minimum absolute atomic E-state index is 0.217. The Morgan fingerprint density at radius 1 is 0.944 bits per heavy atom. The van der Waals surface area contributed by atoms with Crippen molar-refractivity contribution >= 4 is 46.3 Å². The molecule has 1 N–H and O–H groups in total. The number of carbonyl (C=O) groups is 2. The van der Waals surface area contributed by atoms with Crippen molar-refractivity contribution < 1.29 is 24.2 Å². The molecule has 36 heavy (non-hydrogen) atoms. The molecule has 0 saturated carbocycles. The molecular formula is C28H25NO5S2. The predicted octanol–water partition coefficient (Wildman–Crippen LogP) is 5.75. The van der Waals surface area contributed by atoms with Crippen molar-refractivity contribution in [3.63, 3.8) is 0 Å². The molecule has 0 spiro atoms. The molecule has 0 bridgehead atoms. The molecule has 1 heterocycles. The second-order valence-corrected chi connectivity index (χ2v) is 10.1. The number of carboxylic acid groups (broad SMARTS) is 1. The van der Waals surface area contributed by atoms with Gasteiger partial charge in [0.15, 0.2) is 0 Å². The number of carboxylic acids is 1. The third-order valence-electron chi connectivity index (χ3n) is 5.48. The standard InChI is InChI=1S/C28H25NO5S2/c1-18-3-7-20(8-4-18)16-33-23-12-11-22(13-25-27(32)29(15-26(30)31)28(35)36-25)24(14-23)34-17-21-9-5-19(2)6-10-21/h3-14H,15-17H2,1-2H3,(H,30,31)/b25-13-. The molecule has 4 rings (SSSR count). The molecular weight excluding hydrogens is 494 g/mol. The number of hydrogen-bond acceptors (Lipinski definition) is 6. The average molecular weight is 520 g/mol. The van der Waals surface area contributed by atoms with E-state index in [2.05, 4.69) is 0 Å². The largest absolute Gasteiger partial charge is 0.489 e. The monoisotopic (exact) mass is 519 g/mol. The minimum atomic E-state index is -1.12. The fourth-order valence-electron chi connectivity index (χ4n) is 3.46. The first kappa shape index (κ1) is 25.5. The predicted molar refractivity (Wildman–Crippen MR) is 145 cm³/mol. The van der Waals surface area contributed by atoms with Gasteiger partial charge < -0.3 is 14.6 Å². The van der Waals surface area contributed by atoms with E-state index >= 15 is 0 Å². The fourth-order valence-corrected chi connectivity index (χ4v) is 4.70. The van der Waals surface area contributed by atoms with Crippen LogP contribution >= 0.6 is 24.0 Å². The number of carbonyl (C=O) groups excluding carboxylic acids is 1. The van der Waals surface area contributed by atoms with Gasteiger partial charge in [0.25, 0.3) is 5.91 Å². The third kappa shape index (κ3) is 6.53. The Bertz CT molecular complexity index is 1320. The molecule has 0 aromatic heterocycles. The van der Waals surface area contributed by atoms with E-state index in [4.69, 9.17) is 26.8 Å². The van der Waals surface area contributed by atoms with E-state index in [0.717, 1.165) is 33.4 Å². The molecule has 3 aromatic rings. The third-order valence-corrected chi connectivity index (χ3v) is 6.86. The topological polar surface area (TPSA) is 76.1 Å². The Morgan fingerprint density at radius 2 is 1.53 bits per heavy atom. The SMILES string of the molecule is Cc1ccc(COc2ccc(/C=C3\SC(=S)N(CC(=O)O)C3=O)c(OCc3ccc(C)cc3)c2)cc1. The number of amides is 1. The van der Waals surface area contributed by atoms with Crippen LogP contribution in [0, 0.1) is 13.8 Å². The van der Waals surface area contributed by atoms with Gasteiger partial charge in [0.2, 0.25) is 0 Å². The summed E-state index contributed by atoms with van der Waals surface area (Å²) in [4.78, 5) is 25.3. The van der Waals surface area contributed by atoms with Crippen molar-refractivity contribution in [2.75, 3.05) is 6.54 Å². The molecule has 1 amide bonds. The van der Waals surface area contributed by atoms with Crippen LogP contribution in [0.1, 0.15) is 27.8 Å². The van der Waals surface area contributed by atoms with Crippen LogP contribution in [-0.2, 0) is 22.8 Å². The van der Waals surface area contributed by atoms with Crippen molar-refractivity contribution in [2.45, 2.75) is 27.1 Å². The van der Waals surface area contributed by atoms with Crippen molar-refractivity contribution in [3.8, 4) is 11.5 Å². The van der Waals surface area contributed by atoms with Gasteiger partial charge in [-0.15, -0.1) is 0 Å². The van der Waals surface area contributed by atoms with Crippen LogP contribution in [0.25, 0.3) is 6.08 Å². The maximum atomic E-state index is 12.7. The Labute approximate surface area is 219 Å². The summed E-state index contributed by atoms with van der Waals surface area (Å²) in [6.07, 6.45) is 1.68. The highest BCUT2D eigenvalue weighted by molar-refractivity contribution is 8.26. The first-order valence-corrected chi connectivity index (χ1v) is 12.5. The van der Waals surface area contributed by atoms with Crippen molar-refractivity contribution in [2.24, 2.45) is 0 Å². The van der Waals surface area contributed by atoms with Crippen LogP contribution in [0.4, 0.5) is 0 Å². The number of ether oxygens (including phenoxy) is 2. The lowest BCUT2D eigenvalue weighted by molar-refractivity contribution is -0.140. The van der Waals surface area contributed by atoms with Gasteiger partial charge in [-0.25, -0.2) is 0 Å². The number of nitrogens with zero attached hydrogens (tertiary/aromatic N) is 1. The van der Waals surface area contributed by atoms with E-state index in [-0.39, 0.29) is 4.32 Å². The van der Waals surface area contributed by atoms with E-state index in [1.165, 1.54) is 5.56 Å². The molecule has 0 atom stereocenters. The van der Waals surface area contributed by atoms with Crippen LogP contribution < -0.4 is 9.47 Å².